The average Bonchev–Trinajstić information content (AvgIpc) is 2.16. The quantitative estimate of drug-likeness (QED) is 0.593. The molecule has 1 radical (unpaired) electrons. The Bertz CT molecular complexity index is 262. The van der Waals surface area contributed by atoms with Gasteiger partial charge in [0.2, 0.25) is 5.91 Å². The van der Waals surface area contributed by atoms with Gasteiger partial charge in [0.05, 0.1) is 13.3 Å². The van der Waals surface area contributed by atoms with Gasteiger partial charge in [-0.15, -0.1) is 0 Å². The van der Waals surface area contributed by atoms with E-state index in [0.29, 0.717) is 13.3 Å². The molecular weight excluding hydrogens is 285 g/mol. The topological polar surface area (TPSA) is 47.1 Å². The van der Waals surface area contributed by atoms with Crippen molar-refractivity contribution in [2.45, 2.75) is 6.92 Å². The fourth-order valence-corrected chi connectivity index (χ4v) is 1.80. The van der Waals surface area contributed by atoms with Gasteiger partial charge in [-0.2, -0.15) is 6.41 Å². The Morgan fingerprint density at radius 3 is 2.06 bits per heavy atom. The summed E-state index contributed by atoms with van der Waals surface area (Å²) in [5.41, 5.74) is 0. The SMILES string of the molecule is CC(=O)N1CN(N2CCN([C-]=O)CC2)C1.[Y]. The smallest absolute Gasteiger partial charge is 0.221 e. The van der Waals surface area contributed by atoms with Crippen molar-refractivity contribution < 1.29 is 42.3 Å². The van der Waals surface area contributed by atoms with Crippen LogP contribution in [0.1, 0.15) is 6.92 Å². The summed E-state index contributed by atoms with van der Waals surface area (Å²) in [6.07, 6.45) is 1.90. The van der Waals surface area contributed by atoms with Crippen molar-refractivity contribution in [1.29, 1.82) is 0 Å². The maximum atomic E-state index is 11.0. The number of piperazine rings is 1. The third-order valence-corrected chi connectivity index (χ3v) is 2.90. The Hall–Kier alpha value is -0.0361. The van der Waals surface area contributed by atoms with Crippen molar-refractivity contribution in [3.63, 3.8) is 0 Å². The molecule has 2 amide bonds. The zero-order valence-electron chi connectivity index (χ0n) is 9.43. The van der Waals surface area contributed by atoms with E-state index in [2.05, 4.69) is 10.0 Å². The summed E-state index contributed by atoms with van der Waals surface area (Å²) >= 11 is 0. The minimum atomic E-state index is 0. The van der Waals surface area contributed by atoms with Gasteiger partial charge in [-0.1, -0.05) is 0 Å². The van der Waals surface area contributed by atoms with Crippen LogP contribution in [0, 0.1) is 0 Å². The van der Waals surface area contributed by atoms with Crippen LogP contribution >= 0.6 is 0 Å². The third kappa shape index (κ3) is 3.00. The first kappa shape index (κ1) is 14.0. The van der Waals surface area contributed by atoms with Crippen LogP contribution in [-0.4, -0.2) is 71.7 Å². The predicted octanol–water partition coefficient (Wildman–Crippen LogP) is -1.34. The van der Waals surface area contributed by atoms with Gasteiger partial charge >= 0.3 is 0 Å². The number of hydrogen-bond acceptors (Lipinski definition) is 4. The molecule has 2 saturated heterocycles. The van der Waals surface area contributed by atoms with Gasteiger partial charge in [-0.25, -0.2) is 10.0 Å². The molecule has 0 aromatic rings. The Labute approximate surface area is 120 Å². The van der Waals surface area contributed by atoms with Crippen LogP contribution in [0.5, 0.6) is 0 Å². The molecule has 0 saturated carbocycles. The number of hydrazine groups is 1. The maximum absolute atomic E-state index is 11.0. The van der Waals surface area contributed by atoms with Gasteiger partial charge in [0.1, 0.15) is 0 Å². The van der Waals surface area contributed by atoms with Gasteiger partial charge in [-0.3, -0.25) is 4.79 Å². The monoisotopic (exact) mass is 300 g/mol. The summed E-state index contributed by atoms with van der Waals surface area (Å²) in [6, 6.07) is 0. The fourth-order valence-electron chi connectivity index (χ4n) is 1.80. The van der Waals surface area contributed by atoms with E-state index < -0.39 is 0 Å². The molecule has 0 N–H and O–H groups in total. The molecule has 87 valence electrons. The van der Waals surface area contributed by atoms with Crippen molar-refractivity contribution in [2.75, 3.05) is 39.5 Å². The molecule has 7 heteroatoms. The van der Waals surface area contributed by atoms with E-state index in [4.69, 9.17) is 0 Å². The Balaban J connectivity index is 0.00000128. The molecule has 0 bridgehead atoms. The molecule has 16 heavy (non-hydrogen) atoms. The predicted molar refractivity (Wildman–Crippen MR) is 52.9 cm³/mol. The Kier molecular flexibility index (Phi) is 5.30. The van der Waals surface area contributed by atoms with Gasteiger partial charge in [-0.05, 0) is 0 Å². The molecule has 6 nitrogen and oxygen atoms in total. The summed E-state index contributed by atoms with van der Waals surface area (Å²) in [5, 5.41) is 4.32. The summed E-state index contributed by atoms with van der Waals surface area (Å²) in [6.45, 7) is 6.05. The van der Waals surface area contributed by atoms with Gasteiger partial charge < -0.3 is 14.6 Å². The van der Waals surface area contributed by atoms with Crippen LogP contribution in [0.25, 0.3) is 0 Å². The summed E-state index contributed by atoms with van der Waals surface area (Å²) in [7, 11) is 0. The van der Waals surface area contributed by atoms with Crippen LogP contribution in [0.3, 0.4) is 0 Å². The molecule has 2 rings (SSSR count). The minimum absolute atomic E-state index is 0. The average molecular weight is 300 g/mol. The minimum Gasteiger partial charge on any atom is -0.520 e. The normalized spacial score (nSPS) is 22.3. The number of nitrogens with zero attached hydrogens (tertiary/aromatic N) is 4. The van der Waals surface area contributed by atoms with Crippen molar-refractivity contribution in [3.05, 3.63) is 0 Å². The van der Waals surface area contributed by atoms with Gasteiger partial charge in [0.15, 0.2) is 0 Å². The van der Waals surface area contributed by atoms with E-state index in [-0.39, 0.29) is 38.6 Å². The molecular formula is C9H15N4O2Y-. The van der Waals surface area contributed by atoms with E-state index in [9.17, 15) is 9.59 Å². The zero-order valence-corrected chi connectivity index (χ0v) is 12.3. The third-order valence-electron chi connectivity index (χ3n) is 2.90. The van der Waals surface area contributed by atoms with Crippen LogP contribution in [0.15, 0.2) is 0 Å². The van der Waals surface area contributed by atoms with Crippen LogP contribution in [-0.2, 0) is 42.3 Å². The first-order chi connectivity index (χ1) is 7.20. The largest absolute Gasteiger partial charge is 0.520 e. The molecule has 0 aromatic heterocycles. The maximum Gasteiger partial charge on any atom is 0.221 e. The van der Waals surface area contributed by atoms with E-state index in [0.717, 1.165) is 26.2 Å². The summed E-state index contributed by atoms with van der Waals surface area (Å²) in [4.78, 5) is 24.8. The number of hydrogen-bond donors (Lipinski definition) is 0. The number of carbonyl (C=O) groups excluding carboxylic acids is 2. The molecule has 2 aliphatic rings. The standard InChI is InChI=1S/C9H15N4O2.Y/c1-9(15)11-6-13(7-11)12-4-2-10(8-14)3-5-12;/h2-7H2,1H3;/q-1;. The van der Waals surface area contributed by atoms with E-state index >= 15 is 0 Å². The van der Waals surface area contributed by atoms with Crippen LogP contribution in [0.2, 0.25) is 0 Å². The van der Waals surface area contributed by atoms with E-state index in [1.54, 1.807) is 16.7 Å². The summed E-state index contributed by atoms with van der Waals surface area (Å²) < 4.78 is 0. The van der Waals surface area contributed by atoms with Crippen LogP contribution < -0.4 is 0 Å². The molecule has 0 atom stereocenters. The summed E-state index contributed by atoms with van der Waals surface area (Å²) in [5.74, 6) is 0.117. The second-order valence-corrected chi connectivity index (χ2v) is 3.88. The van der Waals surface area contributed by atoms with E-state index in [1.807, 2.05) is 6.41 Å². The van der Waals surface area contributed by atoms with Crippen LogP contribution in [0.4, 0.5) is 0 Å². The number of amides is 2. The number of rotatable bonds is 2. The van der Waals surface area contributed by atoms with Crippen molar-refractivity contribution in [1.82, 2.24) is 19.8 Å². The zero-order chi connectivity index (χ0) is 10.8. The second-order valence-electron chi connectivity index (χ2n) is 3.88. The molecule has 0 aliphatic carbocycles. The first-order valence-electron chi connectivity index (χ1n) is 5.09. The first-order valence-corrected chi connectivity index (χ1v) is 5.09. The number of carbonyl (C=O) groups is 1. The van der Waals surface area contributed by atoms with Crippen molar-refractivity contribution in [3.8, 4) is 0 Å². The van der Waals surface area contributed by atoms with Crippen molar-refractivity contribution >= 4 is 12.3 Å². The Morgan fingerprint density at radius 1 is 1.06 bits per heavy atom. The van der Waals surface area contributed by atoms with E-state index in [1.165, 1.54) is 0 Å². The molecule has 0 spiro atoms. The van der Waals surface area contributed by atoms with Crippen molar-refractivity contribution in [2.24, 2.45) is 0 Å². The molecule has 2 aliphatic heterocycles. The second kappa shape index (κ2) is 6.05. The fraction of sp³-hybridized carbons (Fsp3) is 0.778. The Morgan fingerprint density at radius 2 is 1.62 bits per heavy atom. The molecule has 2 heterocycles. The van der Waals surface area contributed by atoms with Gasteiger partial charge in [0.25, 0.3) is 0 Å². The molecule has 2 fully saturated rings. The molecule has 0 aromatic carbocycles. The van der Waals surface area contributed by atoms with Gasteiger partial charge in [0, 0.05) is 65.8 Å². The molecule has 0 unspecified atom stereocenters.